The first-order valence-corrected chi connectivity index (χ1v) is 7.04. The number of pyridine rings is 1. The molecule has 1 aliphatic heterocycles. The van der Waals surface area contributed by atoms with Gasteiger partial charge < -0.3 is 10.4 Å². The van der Waals surface area contributed by atoms with Crippen LogP contribution in [0.3, 0.4) is 0 Å². The molecule has 1 aliphatic rings. The minimum absolute atomic E-state index is 0.0966. The lowest BCUT2D eigenvalue weighted by molar-refractivity contribution is -0.132. The van der Waals surface area contributed by atoms with Crippen LogP contribution in [0.4, 0.5) is 5.95 Å². The standard InChI is InChI=1S/C12H11N5O2S/c1-20-12-15-11-14-8(10(18)19)6-9(17(11)16-12)7-2-4-13-5-3-7/h2-6,9H,1H3,(H,18,19)(H,14,15,16)/t9-/m1/s1. The van der Waals surface area contributed by atoms with Crippen molar-refractivity contribution in [3.05, 3.63) is 41.9 Å². The predicted molar refractivity (Wildman–Crippen MR) is 73.5 cm³/mol. The lowest BCUT2D eigenvalue weighted by Gasteiger charge is -2.22. The van der Waals surface area contributed by atoms with Gasteiger partial charge in [-0.15, -0.1) is 5.10 Å². The van der Waals surface area contributed by atoms with E-state index in [2.05, 4.69) is 20.4 Å². The average molecular weight is 289 g/mol. The zero-order valence-electron chi connectivity index (χ0n) is 10.5. The number of nitrogens with zero attached hydrogens (tertiary/aromatic N) is 4. The van der Waals surface area contributed by atoms with E-state index in [4.69, 9.17) is 0 Å². The molecule has 0 aromatic carbocycles. The number of carboxylic acids is 1. The second-order valence-electron chi connectivity index (χ2n) is 4.10. The van der Waals surface area contributed by atoms with Gasteiger partial charge in [0.25, 0.3) is 0 Å². The summed E-state index contributed by atoms with van der Waals surface area (Å²) >= 11 is 1.40. The van der Waals surface area contributed by atoms with Crippen molar-refractivity contribution in [3.8, 4) is 0 Å². The van der Waals surface area contributed by atoms with Crippen LogP contribution in [0.1, 0.15) is 11.6 Å². The Bertz CT molecular complexity index is 682. The van der Waals surface area contributed by atoms with E-state index in [1.54, 1.807) is 23.2 Å². The second-order valence-corrected chi connectivity index (χ2v) is 4.88. The Labute approximate surface area is 118 Å². The molecule has 0 aliphatic carbocycles. The van der Waals surface area contributed by atoms with Gasteiger partial charge >= 0.3 is 5.97 Å². The van der Waals surface area contributed by atoms with Gasteiger partial charge in [-0.3, -0.25) is 4.98 Å². The quantitative estimate of drug-likeness (QED) is 0.824. The Balaban J connectivity index is 2.11. The van der Waals surface area contributed by atoms with Crippen molar-refractivity contribution in [3.63, 3.8) is 0 Å². The van der Waals surface area contributed by atoms with Crippen molar-refractivity contribution < 1.29 is 9.90 Å². The van der Waals surface area contributed by atoms with E-state index >= 15 is 0 Å². The van der Waals surface area contributed by atoms with Crippen LogP contribution in [-0.2, 0) is 4.79 Å². The molecule has 102 valence electrons. The van der Waals surface area contributed by atoms with E-state index in [0.29, 0.717) is 11.1 Å². The Hall–Kier alpha value is -2.35. The monoisotopic (exact) mass is 289 g/mol. The predicted octanol–water partition coefficient (Wildman–Crippen LogP) is 1.38. The highest BCUT2D eigenvalue weighted by Gasteiger charge is 2.26. The molecular formula is C12H11N5O2S. The Morgan fingerprint density at radius 1 is 1.45 bits per heavy atom. The van der Waals surface area contributed by atoms with Crippen LogP contribution >= 0.6 is 11.8 Å². The minimum Gasteiger partial charge on any atom is -0.477 e. The topological polar surface area (TPSA) is 92.9 Å². The molecule has 0 saturated heterocycles. The summed E-state index contributed by atoms with van der Waals surface area (Å²) in [6.45, 7) is 0. The summed E-state index contributed by atoms with van der Waals surface area (Å²) < 4.78 is 1.67. The van der Waals surface area contributed by atoms with Crippen LogP contribution in [0.5, 0.6) is 0 Å². The van der Waals surface area contributed by atoms with Gasteiger partial charge in [-0.05, 0) is 30.0 Å². The van der Waals surface area contributed by atoms with Gasteiger partial charge in [-0.2, -0.15) is 4.98 Å². The number of allylic oxidation sites excluding steroid dienone is 1. The third kappa shape index (κ3) is 2.14. The first-order chi connectivity index (χ1) is 9.69. The number of carboxylic acid groups (broad SMARTS) is 1. The Kier molecular flexibility index (Phi) is 3.15. The lowest BCUT2D eigenvalue weighted by Crippen LogP contribution is -2.24. The van der Waals surface area contributed by atoms with Gasteiger partial charge in [-0.1, -0.05) is 11.8 Å². The number of anilines is 1. The van der Waals surface area contributed by atoms with Crippen LogP contribution in [0.25, 0.3) is 0 Å². The summed E-state index contributed by atoms with van der Waals surface area (Å²) in [5.41, 5.74) is 0.999. The molecule has 1 atom stereocenters. The maximum absolute atomic E-state index is 11.2. The molecular weight excluding hydrogens is 278 g/mol. The van der Waals surface area contributed by atoms with Crippen LogP contribution < -0.4 is 5.32 Å². The van der Waals surface area contributed by atoms with E-state index < -0.39 is 5.97 Å². The molecule has 0 radical (unpaired) electrons. The number of hydrogen-bond donors (Lipinski definition) is 2. The second kappa shape index (κ2) is 4.97. The van der Waals surface area contributed by atoms with Crippen molar-refractivity contribution in [2.24, 2.45) is 0 Å². The molecule has 0 saturated carbocycles. The smallest absolute Gasteiger partial charge is 0.352 e. The van der Waals surface area contributed by atoms with E-state index in [1.807, 2.05) is 18.4 Å². The molecule has 3 heterocycles. The number of thioether (sulfide) groups is 1. The van der Waals surface area contributed by atoms with Gasteiger partial charge in [0.1, 0.15) is 11.7 Å². The average Bonchev–Trinajstić information content (AvgIpc) is 2.90. The Morgan fingerprint density at radius 2 is 2.20 bits per heavy atom. The van der Waals surface area contributed by atoms with Crippen molar-refractivity contribution in [2.75, 3.05) is 11.6 Å². The molecule has 0 fully saturated rings. The van der Waals surface area contributed by atoms with E-state index in [1.165, 1.54) is 11.8 Å². The minimum atomic E-state index is -1.02. The summed E-state index contributed by atoms with van der Waals surface area (Å²) in [5.74, 6) is -0.597. The van der Waals surface area contributed by atoms with Crippen molar-refractivity contribution in [2.45, 2.75) is 11.2 Å². The number of nitrogens with one attached hydrogen (secondary N) is 1. The van der Waals surface area contributed by atoms with Crippen LogP contribution in [0.2, 0.25) is 0 Å². The molecule has 7 nitrogen and oxygen atoms in total. The summed E-state index contributed by atoms with van der Waals surface area (Å²) in [7, 11) is 0. The maximum atomic E-state index is 11.2. The number of fused-ring (bicyclic) bond motifs is 1. The Morgan fingerprint density at radius 3 is 2.85 bits per heavy atom. The molecule has 0 amide bonds. The highest BCUT2D eigenvalue weighted by molar-refractivity contribution is 7.98. The van der Waals surface area contributed by atoms with E-state index in [9.17, 15) is 9.90 Å². The van der Waals surface area contributed by atoms with Crippen LogP contribution in [-0.4, -0.2) is 37.1 Å². The first kappa shape index (κ1) is 12.7. The zero-order valence-corrected chi connectivity index (χ0v) is 11.3. The number of rotatable bonds is 3. The van der Waals surface area contributed by atoms with Crippen molar-refractivity contribution in [1.29, 1.82) is 0 Å². The number of aromatic nitrogens is 4. The molecule has 8 heteroatoms. The number of carbonyl (C=O) groups is 1. The highest BCUT2D eigenvalue weighted by Crippen LogP contribution is 2.29. The summed E-state index contributed by atoms with van der Waals surface area (Å²) in [5, 5.41) is 16.9. The third-order valence-corrected chi connectivity index (χ3v) is 3.45. The molecule has 2 aromatic heterocycles. The number of hydrogen-bond acceptors (Lipinski definition) is 6. The lowest BCUT2D eigenvalue weighted by atomic mass is 10.1. The van der Waals surface area contributed by atoms with Crippen molar-refractivity contribution >= 4 is 23.7 Å². The van der Waals surface area contributed by atoms with Crippen LogP contribution in [0, 0.1) is 0 Å². The van der Waals surface area contributed by atoms with Gasteiger partial charge in [-0.25, -0.2) is 9.48 Å². The highest BCUT2D eigenvalue weighted by atomic mass is 32.2. The normalized spacial score (nSPS) is 17.1. The fourth-order valence-electron chi connectivity index (χ4n) is 1.98. The zero-order chi connectivity index (χ0) is 14.1. The molecule has 0 spiro atoms. The first-order valence-electron chi connectivity index (χ1n) is 5.81. The van der Waals surface area contributed by atoms with Crippen molar-refractivity contribution in [1.82, 2.24) is 19.7 Å². The third-order valence-electron chi connectivity index (χ3n) is 2.91. The van der Waals surface area contributed by atoms with Gasteiger partial charge in [0.2, 0.25) is 11.1 Å². The largest absolute Gasteiger partial charge is 0.477 e. The summed E-state index contributed by atoms with van der Waals surface area (Å²) in [6.07, 6.45) is 6.81. The number of aliphatic carboxylic acids is 1. The molecule has 2 N–H and O–H groups in total. The van der Waals surface area contributed by atoms with Gasteiger partial charge in [0.05, 0.1) is 0 Å². The molecule has 0 unspecified atom stereocenters. The summed E-state index contributed by atoms with van der Waals surface area (Å²) in [6, 6.07) is 3.35. The molecule has 0 bridgehead atoms. The van der Waals surface area contributed by atoms with Crippen LogP contribution in [0.15, 0.2) is 41.5 Å². The maximum Gasteiger partial charge on any atom is 0.352 e. The molecule has 2 aromatic rings. The fourth-order valence-corrected chi connectivity index (χ4v) is 2.33. The van der Waals surface area contributed by atoms with E-state index in [0.717, 1.165) is 5.56 Å². The van der Waals surface area contributed by atoms with E-state index in [-0.39, 0.29) is 11.7 Å². The summed E-state index contributed by atoms with van der Waals surface area (Å²) in [4.78, 5) is 19.4. The van der Waals surface area contributed by atoms with Gasteiger partial charge in [0, 0.05) is 12.4 Å². The van der Waals surface area contributed by atoms with Gasteiger partial charge in [0.15, 0.2) is 0 Å². The molecule has 3 rings (SSSR count). The molecule has 20 heavy (non-hydrogen) atoms. The SMILES string of the molecule is CSc1nc2n(n1)[C@@H](c1ccncc1)C=C(C(=O)O)N2. The fraction of sp³-hybridized carbons (Fsp3) is 0.167.